The standard InChI is InChI=1S/C15H16N4O/c1-2-20-15-8-7-12-5-3-4-6-13(12)14(15)9-18-19-10-16-17-11-19/h3-8,10-11,18H,2,9H2,1H3. The van der Waals surface area contributed by atoms with Crippen LogP contribution in [0.3, 0.4) is 0 Å². The molecule has 5 heteroatoms. The van der Waals surface area contributed by atoms with Gasteiger partial charge in [0.2, 0.25) is 0 Å². The molecule has 102 valence electrons. The molecule has 1 aromatic heterocycles. The van der Waals surface area contributed by atoms with E-state index in [1.54, 1.807) is 17.3 Å². The van der Waals surface area contributed by atoms with Gasteiger partial charge in [0.25, 0.3) is 0 Å². The Hall–Kier alpha value is -2.56. The van der Waals surface area contributed by atoms with Crippen LogP contribution in [0.4, 0.5) is 0 Å². The maximum atomic E-state index is 5.73. The zero-order chi connectivity index (χ0) is 13.8. The van der Waals surface area contributed by atoms with Crippen LogP contribution in [-0.4, -0.2) is 21.5 Å². The maximum Gasteiger partial charge on any atom is 0.138 e. The van der Waals surface area contributed by atoms with Crippen LogP contribution in [-0.2, 0) is 6.54 Å². The number of aromatic nitrogens is 3. The van der Waals surface area contributed by atoms with Crippen LogP contribution >= 0.6 is 0 Å². The van der Waals surface area contributed by atoms with Gasteiger partial charge in [-0.25, -0.2) is 4.68 Å². The molecule has 0 amide bonds. The van der Waals surface area contributed by atoms with Gasteiger partial charge in [-0.05, 0) is 23.8 Å². The molecule has 1 heterocycles. The zero-order valence-electron chi connectivity index (χ0n) is 11.3. The Morgan fingerprint density at radius 2 is 1.90 bits per heavy atom. The molecule has 20 heavy (non-hydrogen) atoms. The van der Waals surface area contributed by atoms with E-state index in [0.29, 0.717) is 13.2 Å². The molecule has 0 aliphatic rings. The van der Waals surface area contributed by atoms with Gasteiger partial charge >= 0.3 is 0 Å². The highest BCUT2D eigenvalue weighted by Crippen LogP contribution is 2.28. The van der Waals surface area contributed by atoms with E-state index in [1.165, 1.54) is 10.8 Å². The molecule has 0 atom stereocenters. The molecular weight excluding hydrogens is 252 g/mol. The first-order chi connectivity index (χ1) is 9.88. The third-order valence-electron chi connectivity index (χ3n) is 3.15. The lowest BCUT2D eigenvalue weighted by molar-refractivity contribution is 0.337. The van der Waals surface area contributed by atoms with Gasteiger partial charge < -0.3 is 10.2 Å². The zero-order valence-corrected chi connectivity index (χ0v) is 11.3. The van der Waals surface area contributed by atoms with E-state index in [2.05, 4.69) is 33.8 Å². The van der Waals surface area contributed by atoms with Gasteiger partial charge in [-0.2, -0.15) is 0 Å². The summed E-state index contributed by atoms with van der Waals surface area (Å²) in [6, 6.07) is 12.4. The molecule has 0 aliphatic heterocycles. The molecule has 3 aromatic rings. The van der Waals surface area contributed by atoms with Crippen molar-refractivity contribution in [2.45, 2.75) is 13.5 Å². The van der Waals surface area contributed by atoms with Crippen LogP contribution in [0.25, 0.3) is 10.8 Å². The van der Waals surface area contributed by atoms with E-state index in [-0.39, 0.29) is 0 Å². The minimum absolute atomic E-state index is 0.648. The number of fused-ring (bicyclic) bond motifs is 1. The number of benzene rings is 2. The number of hydrogen-bond acceptors (Lipinski definition) is 4. The highest BCUT2D eigenvalue weighted by Gasteiger charge is 2.08. The number of nitrogens with zero attached hydrogens (tertiary/aromatic N) is 3. The summed E-state index contributed by atoms with van der Waals surface area (Å²) in [5, 5.41) is 9.95. The lowest BCUT2D eigenvalue weighted by Crippen LogP contribution is -2.13. The monoisotopic (exact) mass is 268 g/mol. The first-order valence-corrected chi connectivity index (χ1v) is 6.60. The summed E-state index contributed by atoms with van der Waals surface area (Å²) in [5.41, 5.74) is 4.38. The van der Waals surface area contributed by atoms with E-state index in [0.717, 1.165) is 11.3 Å². The van der Waals surface area contributed by atoms with Gasteiger partial charge in [0.15, 0.2) is 0 Å². The second-order valence-electron chi connectivity index (χ2n) is 4.40. The van der Waals surface area contributed by atoms with Crippen molar-refractivity contribution in [2.75, 3.05) is 12.0 Å². The van der Waals surface area contributed by atoms with Crippen LogP contribution in [0, 0.1) is 0 Å². The summed E-state index contributed by atoms with van der Waals surface area (Å²) in [6.45, 7) is 3.29. The third-order valence-corrected chi connectivity index (χ3v) is 3.15. The fourth-order valence-electron chi connectivity index (χ4n) is 2.24. The van der Waals surface area contributed by atoms with Gasteiger partial charge in [0.05, 0.1) is 13.2 Å². The van der Waals surface area contributed by atoms with Crippen molar-refractivity contribution >= 4 is 10.8 Å². The summed E-state index contributed by atoms with van der Waals surface area (Å²) < 4.78 is 7.47. The Labute approximate surface area is 117 Å². The van der Waals surface area contributed by atoms with Crippen molar-refractivity contribution in [1.82, 2.24) is 14.9 Å². The highest BCUT2D eigenvalue weighted by atomic mass is 16.5. The molecule has 0 unspecified atom stereocenters. The largest absolute Gasteiger partial charge is 0.494 e. The number of nitrogens with one attached hydrogen (secondary N) is 1. The molecule has 0 spiro atoms. The first-order valence-electron chi connectivity index (χ1n) is 6.60. The molecule has 0 radical (unpaired) electrons. The minimum atomic E-state index is 0.648. The summed E-state index contributed by atoms with van der Waals surface area (Å²) in [4.78, 5) is 0. The normalized spacial score (nSPS) is 10.7. The molecular formula is C15H16N4O. The SMILES string of the molecule is CCOc1ccc2ccccc2c1CNn1cnnc1. The van der Waals surface area contributed by atoms with E-state index >= 15 is 0 Å². The molecule has 0 bridgehead atoms. The molecule has 2 aromatic carbocycles. The quantitative estimate of drug-likeness (QED) is 0.772. The van der Waals surface area contributed by atoms with E-state index in [1.807, 2.05) is 25.1 Å². The molecule has 0 fully saturated rings. The molecule has 3 rings (SSSR count). The molecule has 1 N–H and O–H groups in total. The number of ether oxygens (including phenoxy) is 1. The van der Waals surface area contributed by atoms with Gasteiger partial charge in [-0.3, -0.25) is 0 Å². The lowest BCUT2D eigenvalue weighted by atomic mass is 10.0. The van der Waals surface area contributed by atoms with Crippen LogP contribution in [0.2, 0.25) is 0 Å². The van der Waals surface area contributed by atoms with Gasteiger partial charge in [-0.15, -0.1) is 10.2 Å². The second kappa shape index (κ2) is 5.61. The topological polar surface area (TPSA) is 52.0 Å². The van der Waals surface area contributed by atoms with Gasteiger partial charge in [-0.1, -0.05) is 30.3 Å². The third kappa shape index (κ3) is 2.42. The van der Waals surface area contributed by atoms with Crippen LogP contribution in [0.5, 0.6) is 5.75 Å². The Bertz CT molecular complexity index is 694. The number of hydrogen-bond donors (Lipinski definition) is 1. The predicted octanol–water partition coefficient (Wildman–Crippen LogP) is 2.57. The molecule has 5 nitrogen and oxygen atoms in total. The fraction of sp³-hybridized carbons (Fsp3) is 0.200. The summed E-state index contributed by atoms with van der Waals surface area (Å²) in [7, 11) is 0. The van der Waals surface area contributed by atoms with Crippen molar-refractivity contribution in [3.05, 3.63) is 54.6 Å². The Morgan fingerprint density at radius 3 is 2.70 bits per heavy atom. The van der Waals surface area contributed by atoms with Gasteiger partial charge in [0, 0.05) is 5.56 Å². The summed E-state index contributed by atoms with van der Waals surface area (Å²) in [6.07, 6.45) is 3.26. The molecule has 0 saturated heterocycles. The van der Waals surface area contributed by atoms with E-state index in [4.69, 9.17) is 4.74 Å². The van der Waals surface area contributed by atoms with Crippen LogP contribution in [0.1, 0.15) is 12.5 Å². The smallest absolute Gasteiger partial charge is 0.138 e. The van der Waals surface area contributed by atoms with E-state index < -0.39 is 0 Å². The average molecular weight is 268 g/mol. The van der Waals surface area contributed by atoms with Crippen LogP contribution in [0.15, 0.2) is 49.1 Å². The van der Waals surface area contributed by atoms with Crippen molar-refractivity contribution in [3.8, 4) is 5.75 Å². The minimum Gasteiger partial charge on any atom is -0.494 e. The highest BCUT2D eigenvalue weighted by molar-refractivity contribution is 5.87. The predicted molar refractivity (Wildman–Crippen MR) is 78.2 cm³/mol. The van der Waals surface area contributed by atoms with E-state index in [9.17, 15) is 0 Å². The maximum absolute atomic E-state index is 5.73. The fourth-order valence-corrected chi connectivity index (χ4v) is 2.24. The Balaban J connectivity index is 1.98. The van der Waals surface area contributed by atoms with Gasteiger partial charge in [0.1, 0.15) is 18.4 Å². The summed E-state index contributed by atoms with van der Waals surface area (Å²) >= 11 is 0. The number of rotatable bonds is 5. The van der Waals surface area contributed by atoms with Crippen molar-refractivity contribution in [3.63, 3.8) is 0 Å². The van der Waals surface area contributed by atoms with Crippen molar-refractivity contribution < 1.29 is 4.74 Å². The Kier molecular flexibility index (Phi) is 3.50. The Morgan fingerprint density at radius 1 is 1.10 bits per heavy atom. The molecule has 0 aliphatic carbocycles. The first kappa shape index (κ1) is 12.5. The lowest BCUT2D eigenvalue weighted by Gasteiger charge is -2.14. The van der Waals surface area contributed by atoms with Crippen molar-refractivity contribution in [2.24, 2.45) is 0 Å². The van der Waals surface area contributed by atoms with Crippen LogP contribution < -0.4 is 10.2 Å². The average Bonchev–Trinajstić information content (AvgIpc) is 2.99. The van der Waals surface area contributed by atoms with Crippen molar-refractivity contribution in [1.29, 1.82) is 0 Å². The second-order valence-corrected chi connectivity index (χ2v) is 4.40. The summed E-state index contributed by atoms with van der Waals surface area (Å²) in [5.74, 6) is 0.909. The molecule has 0 saturated carbocycles.